The van der Waals surface area contributed by atoms with Crippen LogP contribution in [-0.2, 0) is 29.6 Å². The summed E-state index contributed by atoms with van der Waals surface area (Å²) in [4.78, 5) is 32.3. The Hall–Kier alpha value is -3.54. The van der Waals surface area contributed by atoms with E-state index < -0.39 is 20.0 Å². The lowest BCUT2D eigenvalue weighted by atomic mass is 10.2. The van der Waals surface area contributed by atoms with Crippen molar-refractivity contribution in [3.63, 3.8) is 0 Å². The molecule has 47 heavy (non-hydrogen) atoms. The number of benzene rings is 2. The molecule has 2 amide bonds. The van der Waals surface area contributed by atoms with E-state index in [9.17, 15) is 26.4 Å². The molecule has 4 rings (SSSR count). The van der Waals surface area contributed by atoms with Crippen LogP contribution in [0.5, 0.6) is 0 Å². The predicted octanol–water partition coefficient (Wildman–Crippen LogP) is 6.34. The summed E-state index contributed by atoms with van der Waals surface area (Å²) in [5.74, 6) is -0.285. The van der Waals surface area contributed by atoms with Gasteiger partial charge in [-0.2, -0.15) is 0 Å². The Bertz CT molecular complexity index is 1880. The summed E-state index contributed by atoms with van der Waals surface area (Å²) in [6, 6.07) is 13.2. The molecule has 4 aromatic rings. The minimum atomic E-state index is -3.45. The second-order valence-electron chi connectivity index (χ2n) is 10.5. The molecule has 0 bridgehead atoms. The smallest absolute Gasteiger partial charge is 0.242 e. The minimum Gasteiger partial charge on any atom is -0.302 e. The number of nitrogens with one attached hydrogen (secondary N) is 2. The Morgan fingerprint density at radius 3 is 1.45 bits per heavy atom. The number of anilines is 2. The van der Waals surface area contributed by atoms with Gasteiger partial charge in [0.25, 0.3) is 0 Å². The Morgan fingerprint density at radius 1 is 0.723 bits per heavy atom. The molecule has 0 unspecified atom stereocenters. The van der Waals surface area contributed by atoms with Gasteiger partial charge in [-0.05, 0) is 24.3 Å². The van der Waals surface area contributed by atoms with E-state index in [1.54, 1.807) is 83.4 Å². The van der Waals surface area contributed by atoms with Gasteiger partial charge in [0.1, 0.15) is 0 Å². The van der Waals surface area contributed by atoms with Crippen LogP contribution in [0.15, 0.2) is 69.1 Å². The van der Waals surface area contributed by atoms with Gasteiger partial charge < -0.3 is 10.6 Å². The van der Waals surface area contributed by atoms with Crippen LogP contribution in [0.25, 0.3) is 22.5 Å². The van der Waals surface area contributed by atoms with Gasteiger partial charge in [-0.3, -0.25) is 9.59 Å². The Labute approximate surface area is 288 Å². The largest absolute Gasteiger partial charge is 0.302 e. The number of hydrogen-bond acceptors (Lipinski definition) is 10. The summed E-state index contributed by atoms with van der Waals surface area (Å²) < 4.78 is 51.6. The summed E-state index contributed by atoms with van der Waals surface area (Å²) in [5.41, 5.74) is 3.01. The van der Waals surface area contributed by atoms with Gasteiger partial charge in [-0.25, -0.2) is 35.4 Å². The van der Waals surface area contributed by atoms with Gasteiger partial charge in [0.2, 0.25) is 31.9 Å². The van der Waals surface area contributed by atoms with Gasteiger partial charge in [-0.15, -0.1) is 22.7 Å². The zero-order chi connectivity index (χ0) is 34.9. The van der Waals surface area contributed by atoms with E-state index in [1.807, 2.05) is 24.6 Å². The lowest BCUT2D eigenvalue weighted by molar-refractivity contribution is -0.119. The van der Waals surface area contributed by atoms with Gasteiger partial charge >= 0.3 is 0 Å². The average Bonchev–Trinajstić information content (AvgIpc) is 3.74. The number of nitrogens with zero attached hydrogens (tertiary/aromatic N) is 4. The number of carbonyl (C=O) groups is 2. The molecule has 0 atom stereocenters. The Balaban J connectivity index is 0.000000471. The fourth-order valence-electron chi connectivity index (χ4n) is 3.68. The molecule has 0 aliphatic rings. The van der Waals surface area contributed by atoms with E-state index in [2.05, 4.69) is 20.6 Å². The third-order valence-corrected chi connectivity index (χ3v) is 12.3. The van der Waals surface area contributed by atoms with Gasteiger partial charge in [0, 0.05) is 64.3 Å². The van der Waals surface area contributed by atoms with Crippen molar-refractivity contribution in [2.24, 2.45) is 5.92 Å². The second-order valence-corrected chi connectivity index (χ2v) is 16.3. The molecule has 12 nitrogen and oxygen atoms in total. The average molecular weight is 725 g/mol. The van der Waals surface area contributed by atoms with E-state index in [-0.39, 0.29) is 30.4 Å². The zero-order valence-corrected chi connectivity index (χ0v) is 30.6. The molecular weight excluding hydrogens is 681 g/mol. The molecule has 16 heteroatoms. The summed E-state index contributed by atoms with van der Waals surface area (Å²) in [6.07, 6.45) is 0.395. The number of aromatic nitrogens is 2. The predicted molar refractivity (Wildman–Crippen MR) is 193 cm³/mol. The zero-order valence-electron chi connectivity index (χ0n) is 27.3. The van der Waals surface area contributed by atoms with Crippen molar-refractivity contribution in [3.8, 4) is 22.5 Å². The third-order valence-electron chi connectivity index (χ3n) is 6.94. The normalized spacial score (nSPS) is 11.8. The number of sulfonamides is 2. The molecule has 0 fully saturated rings. The van der Waals surface area contributed by atoms with E-state index >= 15 is 0 Å². The quantitative estimate of drug-likeness (QED) is 0.171. The van der Waals surface area contributed by atoms with Gasteiger partial charge in [0.05, 0.1) is 21.2 Å². The first-order chi connectivity index (χ1) is 22.1. The SMILES string of the molecule is CCC(=O)Nc1nc(-c2ccc(S(=O)(=O)N(C)CC)cc2)cs1.CCN(C)S(=O)(=O)c1ccc(-c2csc(NC(=O)C(C)C)n2)cc1.[HH].[HH]. The molecule has 2 heterocycles. The molecule has 0 radical (unpaired) electrons. The van der Waals surface area contributed by atoms with Crippen molar-refractivity contribution < 1.29 is 29.3 Å². The van der Waals surface area contributed by atoms with Crippen LogP contribution in [0.4, 0.5) is 10.3 Å². The minimum absolute atomic E-state index is 0. The summed E-state index contributed by atoms with van der Waals surface area (Å²) in [7, 11) is -3.80. The highest BCUT2D eigenvalue weighted by Gasteiger charge is 2.20. The van der Waals surface area contributed by atoms with Crippen molar-refractivity contribution >= 4 is 64.8 Å². The first-order valence-electron chi connectivity index (χ1n) is 14.8. The molecule has 2 aromatic carbocycles. The van der Waals surface area contributed by atoms with Gasteiger partial charge in [0.15, 0.2) is 10.3 Å². The first kappa shape index (κ1) is 37.9. The summed E-state index contributed by atoms with van der Waals surface area (Å²) in [6.45, 7) is 9.80. The van der Waals surface area contributed by atoms with E-state index in [4.69, 9.17) is 0 Å². The van der Waals surface area contributed by atoms with Crippen molar-refractivity contribution in [1.82, 2.24) is 18.6 Å². The van der Waals surface area contributed by atoms with Crippen molar-refractivity contribution in [1.29, 1.82) is 0 Å². The summed E-state index contributed by atoms with van der Waals surface area (Å²) in [5, 5.41) is 10.2. The molecule has 2 N–H and O–H groups in total. The topological polar surface area (TPSA) is 159 Å². The number of rotatable bonds is 12. The molecule has 258 valence electrons. The highest BCUT2D eigenvalue weighted by atomic mass is 32.2. The highest BCUT2D eigenvalue weighted by molar-refractivity contribution is 7.89. The van der Waals surface area contributed by atoms with E-state index in [0.29, 0.717) is 41.2 Å². The lowest BCUT2D eigenvalue weighted by Crippen LogP contribution is -2.26. The van der Waals surface area contributed by atoms with Crippen LogP contribution in [0.3, 0.4) is 0 Å². The molecule has 0 spiro atoms. The maximum atomic E-state index is 12.3. The van der Waals surface area contributed by atoms with Crippen molar-refractivity contribution in [3.05, 3.63) is 59.3 Å². The number of carbonyl (C=O) groups excluding carboxylic acids is 2. The molecule has 2 aromatic heterocycles. The van der Waals surface area contributed by atoms with Crippen LogP contribution in [-0.4, -0.2) is 74.4 Å². The van der Waals surface area contributed by atoms with Crippen LogP contribution in [0, 0.1) is 5.92 Å². The second kappa shape index (κ2) is 16.5. The van der Waals surface area contributed by atoms with Crippen LogP contribution < -0.4 is 10.6 Å². The van der Waals surface area contributed by atoms with Crippen LogP contribution in [0.2, 0.25) is 0 Å². The Morgan fingerprint density at radius 2 is 1.11 bits per heavy atom. The number of thiazole rings is 2. The lowest BCUT2D eigenvalue weighted by Gasteiger charge is -2.14. The fraction of sp³-hybridized carbons (Fsp3) is 0.355. The van der Waals surface area contributed by atoms with E-state index in [0.717, 1.165) is 11.1 Å². The molecule has 0 aliphatic heterocycles. The fourth-order valence-corrected chi connectivity index (χ4v) is 7.50. The van der Waals surface area contributed by atoms with Crippen molar-refractivity contribution in [2.75, 3.05) is 37.8 Å². The number of amides is 2. The number of hydrogen-bond donors (Lipinski definition) is 2. The first-order valence-corrected chi connectivity index (χ1v) is 19.4. The molecular formula is C31H44N6O6S4. The molecule has 0 saturated heterocycles. The van der Waals surface area contributed by atoms with Crippen LogP contribution in [0.1, 0.15) is 43.9 Å². The Kier molecular flexibility index (Phi) is 13.3. The molecule has 0 aliphatic carbocycles. The van der Waals surface area contributed by atoms with Gasteiger partial charge in [-0.1, -0.05) is 58.9 Å². The maximum absolute atomic E-state index is 12.3. The monoisotopic (exact) mass is 724 g/mol. The van der Waals surface area contributed by atoms with Crippen LogP contribution >= 0.6 is 22.7 Å². The van der Waals surface area contributed by atoms with Crippen molar-refractivity contribution in [2.45, 2.75) is 50.8 Å². The standard InChI is InChI=1S/C16H21N3O3S2.C15H19N3O3S2.2H2/c1-5-19(4)24(21,22)13-8-6-12(7-9-13)14-10-23-16(17-14)18-15(20)11(2)3;1-4-14(19)17-15-16-13(10-22-15)11-6-8-12(9-7-11)23(20,21)18(3)5-2;;/h6-11H,5H2,1-4H3,(H,17,18,20);6-10H,4-5H2,1-3H3,(H,16,17,19);2*1H. The summed E-state index contributed by atoms with van der Waals surface area (Å²) >= 11 is 2.68. The third kappa shape index (κ3) is 9.74. The highest BCUT2D eigenvalue weighted by Crippen LogP contribution is 2.28. The molecule has 0 saturated carbocycles. The maximum Gasteiger partial charge on any atom is 0.242 e. The van der Waals surface area contributed by atoms with E-state index in [1.165, 1.54) is 31.3 Å².